The minimum absolute atomic E-state index is 0.749. The van der Waals surface area contributed by atoms with Crippen LogP contribution in [-0.2, 0) is 6.54 Å². The first-order valence-electron chi connectivity index (χ1n) is 5.24. The molecule has 0 aliphatic heterocycles. The third-order valence-electron chi connectivity index (χ3n) is 2.51. The van der Waals surface area contributed by atoms with E-state index < -0.39 is 0 Å². The second kappa shape index (κ2) is 4.56. The van der Waals surface area contributed by atoms with E-state index in [0.717, 1.165) is 27.8 Å². The Morgan fingerprint density at radius 1 is 1.44 bits per heavy atom. The number of nitrogens with one attached hydrogen (secondary N) is 1. The summed E-state index contributed by atoms with van der Waals surface area (Å²) in [5.41, 5.74) is 1.16. The van der Waals surface area contributed by atoms with Crippen molar-refractivity contribution < 1.29 is 0 Å². The molecule has 1 aliphatic rings. The van der Waals surface area contributed by atoms with Crippen molar-refractivity contribution in [2.24, 2.45) is 0 Å². The average molecular weight is 315 g/mol. The van der Waals surface area contributed by atoms with Crippen LogP contribution in [0.15, 0.2) is 21.3 Å². The third kappa shape index (κ3) is 2.37. The quantitative estimate of drug-likeness (QED) is 0.926. The highest BCUT2D eigenvalue weighted by Gasteiger charge is 2.20. The molecule has 0 amide bonds. The lowest BCUT2D eigenvalue weighted by molar-refractivity contribution is 0.678. The van der Waals surface area contributed by atoms with Gasteiger partial charge in [0, 0.05) is 22.4 Å². The molecule has 0 radical (unpaired) electrons. The number of thiophene rings is 1. The summed E-state index contributed by atoms with van der Waals surface area (Å²) in [5, 5.41) is 8.84. The van der Waals surface area contributed by atoms with Gasteiger partial charge in [-0.2, -0.15) is 0 Å². The van der Waals surface area contributed by atoms with Crippen LogP contribution in [-0.4, -0.2) is 11.0 Å². The van der Waals surface area contributed by atoms with Gasteiger partial charge in [-0.25, -0.2) is 4.98 Å². The fraction of sp³-hybridized carbons (Fsp3) is 0.364. The zero-order chi connectivity index (χ0) is 11.0. The zero-order valence-electron chi connectivity index (χ0n) is 8.57. The van der Waals surface area contributed by atoms with Crippen LogP contribution >= 0.6 is 38.6 Å². The molecule has 84 valence electrons. The van der Waals surface area contributed by atoms with Gasteiger partial charge in [0.15, 0.2) is 0 Å². The van der Waals surface area contributed by atoms with Gasteiger partial charge in [-0.15, -0.1) is 22.7 Å². The Labute approximate surface area is 111 Å². The second-order valence-corrected chi connectivity index (χ2v) is 6.53. The molecule has 2 aromatic rings. The van der Waals surface area contributed by atoms with E-state index in [9.17, 15) is 0 Å². The van der Waals surface area contributed by atoms with Crippen molar-refractivity contribution in [1.29, 1.82) is 0 Å². The Morgan fingerprint density at radius 3 is 3.00 bits per heavy atom. The van der Waals surface area contributed by atoms with E-state index in [2.05, 4.69) is 43.1 Å². The number of halogens is 1. The Morgan fingerprint density at radius 2 is 2.31 bits per heavy atom. The maximum Gasteiger partial charge on any atom is 0.134 e. The standard InChI is InChI=1S/C11H11BrN2S2/c12-9-3-4-15-10(9)11-14-8(6-16-11)5-13-7-1-2-7/h3-4,6-7,13H,1-2,5H2. The molecule has 0 atom stereocenters. The molecule has 1 saturated carbocycles. The van der Waals surface area contributed by atoms with E-state index in [1.165, 1.54) is 17.7 Å². The maximum atomic E-state index is 4.65. The summed E-state index contributed by atoms with van der Waals surface area (Å²) in [6, 6.07) is 2.82. The third-order valence-corrected chi connectivity index (χ3v) is 5.39. The summed E-state index contributed by atoms with van der Waals surface area (Å²) >= 11 is 7.00. The van der Waals surface area contributed by atoms with Crippen LogP contribution in [0, 0.1) is 0 Å². The number of nitrogens with zero attached hydrogens (tertiary/aromatic N) is 1. The molecule has 1 aliphatic carbocycles. The second-order valence-electron chi connectivity index (χ2n) is 3.90. The molecule has 0 saturated heterocycles. The summed E-state index contributed by atoms with van der Waals surface area (Å²) in [4.78, 5) is 5.89. The van der Waals surface area contributed by atoms with Gasteiger partial charge in [0.1, 0.15) is 5.01 Å². The smallest absolute Gasteiger partial charge is 0.134 e. The number of rotatable bonds is 4. The molecule has 1 fully saturated rings. The van der Waals surface area contributed by atoms with E-state index in [4.69, 9.17) is 0 Å². The van der Waals surface area contributed by atoms with E-state index in [-0.39, 0.29) is 0 Å². The largest absolute Gasteiger partial charge is 0.308 e. The van der Waals surface area contributed by atoms with Crippen LogP contribution in [0.25, 0.3) is 9.88 Å². The SMILES string of the molecule is Brc1ccsc1-c1nc(CNC2CC2)cs1. The Kier molecular flexibility index (Phi) is 3.11. The van der Waals surface area contributed by atoms with E-state index >= 15 is 0 Å². The maximum absolute atomic E-state index is 4.65. The fourth-order valence-corrected chi connectivity index (χ4v) is 4.11. The first-order chi connectivity index (χ1) is 7.83. The minimum Gasteiger partial charge on any atom is -0.308 e. The van der Waals surface area contributed by atoms with E-state index in [1.807, 2.05) is 0 Å². The summed E-state index contributed by atoms with van der Waals surface area (Å²) in [6.07, 6.45) is 2.65. The predicted molar refractivity (Wildman–Crippen MR) is 73.0 cm³/mol. The van der Waals surface area contributed by atoms with Crippen molar-refractivity contribution in [1.82, 2.24) is 10.3 Å². The van der Waals surface area contributed by atoms with Gasteiger partial charge in [-0.3, -0.25) is 0 Å². The van der Waals surface area contributed by atoms with Gasteiger partial charge in [0.2, 0.25) is 0 Å². The van der Waals surface area contributed by atoms with Crippen molar-refractivity contribution in [3.05, 3.63) is 27.0 Å². The van der Waals surface area contributed by atoms with Gasteiger partial charge in [-0.05, 0) is 40.2 Å². The van der Waals surface area contributed by atoms with E-state index in [1.54, 1.807) is 22.7 Å². The highest BCUT2D eigenvalue weighted by molar-refractivity contribution is 9.10. The predicted octanol–water partition coefficient (Wildman–Crippen LogP) is 3.89. The normalized spacial score (nSPS) is 15.6. The summed E-state index contributed by atoms with van der Waals surface area (Å²) in [5.74, 6) is 0. The van der Waals surface area contributed by atoms with Crippen molar-refractivity contribution in [2.45, 2.75) is 25.4 Å². The minimum atomic E-state index is 0.749. The number of hydrogen-bond donors (Lipinski definition) is 1. The van der Waals surface area contributed by atoms with Crippen LogP contribution in [0.1, 0.15) is 18.5 Å². The molecule has 2 aromatic heterocycles. The lowest BCUT2D eigenvalue weighted by atomic mass is 10.4. The van der Waals surface area contributed by atoms with Crippen LogP contribution in [0.4, 0.5) is 0 Å². The van der Waals surface area contributed by atoms with Gasteiger partial charge in [-0.1, -0.05) is 0 Å². The Hall–Kier alpha value is -0.230. The lowest BCUT2D eigenvalue weighted by Gasteiger charge is -1.97. The molecule has 5 heteroatoms. The first-order valence-corrected chi connectivity index (χ1v) is 7.79. The highest BCUT2D eigenvalue weighted by atomic mass is 79.9. The molecule has 0 bridgehead atoms. The van der Waals surface area contributed by atoms with Crippen molar-refractivity contribution in [2.75, 3.05) is 0 Å². The average Bonchev–Trinajstić information content (AvgIpc) is 2.82. The van der Waals surface area contributed by atoms with Crippen molar-refractivity contribution in [3.8, 4) is 9.88 Å². The van der Waals surface area contributed by atoms with Crippen LogP contribution in [0.3, 0.4) is 0 Å². The molecule has 0 aromatic carbocycles. The fourth-order valence-electron chi connectivity index (χ4n) is 1.48. The highest BCUT2D eigenvalue weighted by Crippen LogP contribution is 2.35. The van der Waals surface area contributed by atoms with Gasteiger partial charge in [0.05, 0.1) is 10.6 Å². The van der Waals surface area contributed by atoms with Gasteiger partial charge in [0.25, 0.3) is 0 Å². The topological polar surface area (TPSA) is 24.9 Å². The van der Waals surface area contributed by atoms with Gasteiger partial charge < -0.3 is 5.32 Å². The molecule has 2 nitrogen and oxygen atoms in total. The van der Waals surface area contributed by atoms with Crippen LogP contribution < -0.4 is 5.32 Å². The molecule has 0 spiro atoms. The van der Waals surface area contributed by atoms with Crippen LogP contribution in [0.5, 0.6) is 0 Å². The number of thiazole rings is 1. The van der Waals surface area contributed by atoms with Crippen molar-refractivity contribution in [3.63, 3.8) is 0 Å². The van der Waals surface area contributed by atoms with E-state index in [0.29, 0.717) is 0 Å². The monoisotopic (exact) mass is 314 g/mol. The van der Waals surface area contributed by atoms with Crippen molar-refractivity contribution >= 4 is 38.6 Å². The Bertz CT molecular complexity index is 488. The first kappa shape index (κ1) is 10.9. The zero-order valence-corrected chi connectivity index (χ0v) is 11.8. The molecule has 3 rings (SSSR count). The molecule has 16 heavy (non-hydrogen) atoms. The molecule has 0 unspecified atom stereocenters. The van der Waals surface area contributed by atoms with Gasteiger partial charge >= 0.3 is 0 Å². The summed E-state index contributed by atoms with van der Waals surface area (Å²) < 4.78 is 1.15. The molecule has 1 N–H and O–H groups in total. The summed E-state index contributed by atoms with van der Waals surface area (Å²) in [6.45, 7) is 0.907. The Balaban J connectivity index is 1.74. The molecular formula is C11H11BrN2S2. The lowest BCUT2D eigenvalue weighted by Crippen LogP contribution is -2.15. The molecular weight excluding hydrogens is 304 g/mol. The van der Waals surface area contributed by atoms with Crippen LogP contribution in [0.2, 0.25) is 0 Å². The summed E-state index contributed by atoms with van der Waals surface area (Å²) in [7, 11) is 0. The number of hydrogen-bond acceptors (Lipinski definition) is 4. The number of aromatic nitrogens is 1. The molecule has 2 heterocycles.